The van der Waals surface area contributed by atoms with E-state index in [4.69, 9.17) is 4.42 Å². The maximum absolute atomic E-state index is 12.0. The molecule has 0 aliphatic heterocycles. The molecular weight excluding hydrogens is 212 g/mol. The standard InChI is InChI=1S/C15H12O2/c1-9-10(2)17-15(16)14-12(9)8-7-11-5-3-4-6-13(11)14/h3-8H,1-2H3. The largest absolute Gasteiger partial charge is 0.427 e. The first-order chi connectivity index (χ1) is 8.18. The predicted octanol–water partition coefficient (Wildman–Crippen LogP) is 3.56. The molecule has 0 amide bonds. The first kappa shape index (κ1) is 10.1. The van der Waals surface area contributed by atoms with E-state index >= 15 is 0 Å². The Balaban J connectivity index is 2.68. The zero-order valence-electron chi connectivity index (χ0n) is 9.78. The van der Waals surface area contributed by atoms with Crippen LogP contribution in [0.5, 0.6) is 0 Å². The van der Waals surface area contributed by atoms with Crippen molar-refractivity contribution in [1.82, 2.24) is 0 Å². The molecule has 0 aliphatic carbocycles. The van der Waals surface area contributed by atoms with Crippen LogP contribution in [-0.4, -0.2) is 0 Å². The molecule has 0 N–H and O–H groups in total. The van der Waals surface area contributed by atoms with Crippen molar-refractivity contribution in [1.29, 1.82) is 0 Å². The summed E-state index contributed by atoms with van der Waals surface area (Å²) in [6.07, 6.45) is 0. The van der Waals surface area contributed by atoms with Crippen LogP contribution in [0.4, 0.5) is 0 Å². The maximum Gasteiger partial charge on any atom is 0.344 e. The molecular formula is C15H12O2. The van der Waals surface area contributed by atoms with E-state index in [1.165, 1.54) is 0 Å². The van der Waals surface area contributed by atoms with E-state index in [-0.39, 0.29) is 5.63 Å². The van der Waals surface area contributed by atoms with Crippen molar-refractivity contribution in [2.45, 2.75) is 13.8 Å². The summed E-state index contributed by atoms with van der Waals surface area (Å²) in [4.78, 5) is 12.0. The van der Waals surface area contributed by atoms with E-state index in [0.717, 1.165) is 21.7 Å². The highest BCUT2D eigenvalue weighted by Gasteiger charge is 2.10. The second-order valence-electron chi connectivity index (χ2n) is 4.28. The van der Waals surface area contributed by atoms with Gasteiger partial charge in [0.15, 0.2) is 0 Å². The summed E-state index contributed by atoms with van der Waals surface area (Å²) in [5.41, 5.74) is 0.783. The summed E-state index contributed by atoms with van der Waals surface area (Å²) < 4.78 is 5.27. The van der Waals surface area contributed by atoms with Gasteiger partial charge in [-0.3, -0.25) is 0 Å². The number of hydrogen-bond acceptors (Lipinski definition) is 2. The van der Waals surface area contributed by atoms with Gasteiger partial charge in [-0.05, 0) is 35.6 Å². The SMILES string of the molecule is Cc1oc(=O)c2c(ccc3ccccc32)c1C. The van der Waals surface area contributed by atoms with Crippen LogP contribution in [0.1, 0.15) is 11.3 Å². The topological polar surface area (TPSA) is 30.2 Å². The van der Waals surface area contributed by atoms with Crippen molar-refractivity contribution in [2.75, 3.05) is 0 Å². The maximum atomic E-state index is 12.0. The Kier molecular flexibility index (Phi) is 2.05. The first-order valence-corrected chi connectivity index (χ1v) is 5.60. The average molecular weight is 224 g/mol. The van der Waals surface area contributed by atoms with Crippen molar-refractivity contribution in [3.63, 3.8) is 0 Å². The fourth-order valence-electron chi connectivity index (χ4n) is 2.26. The van der Waals surface area contributed by atoms with Gasteiger partial charge in [0.05, 0.1) is 5.39 Å². The lowest BCUT2D eigenvalue weighted by atomic mass is 10.0. The third kappa shape index (κ3) is 1.37. The van der Waals surface area contributed by atoms with E-state index < -0.39 is 0 Å². The molecule has 84 valence electrons. The van der Waals surface area contributed by atoms with Gasteiger partial charge in [0.1, 0.15) is 5.76 Å². The van der Waals surface area contributed by atoms with E-state index in [9.17, 15) is 4.79 Å². The van der Waals surface area contributed by atoms with Gasteiger partial charge in [0.25, 0.3) is 0 Å². The Morgan fingerprint density at radius 2 is 1.71 bits per heavy atom. The summed E-state index contributed by atoms with van der Waals surface area (Å²) in [7, 11) is 0. The van der Waals surface area contributed by atoms with Crippen LogP contribution in [0.15, 0.2) is 45.6 Å². The quantitative estimate of drug-likeness (QED) is 0.546. The third-order valence-electron chi connectivity index (χ3n) is 3.31. The fourth-order valence-corrected chi connectivity index (χ4v) is 2.26. The second-order valence-corrected chi connectivity index (χ2v) is 4.28. The van der Waals surface area contributed by atoms with E-state index in [1.807, 2.05) is 50.2 Å². The minimum atomic E-state index is -0.250. The third-order valence-corrected chi connectivity index (χ3v) is 3.31. The van der Waals surface area contributed by atoms with Gasteiger partial charge in [-0.25, -0.2) is 4.79 Å². The summed E-state index contributed by atoms with van der Waals surface area (Å²) in [5.74, 6) is 0.692. The van der Waals surface area contributed by atoms with E-state index in [1.54, 1.807) is 0 Å². The molecule has 0 fully saturated rings. The van der Waals surface area contributed by atoms with Crippen LogP contribution < -0.4 is 5.63 Å². The van der Waals surface area contributed by atoms with E-state index in [2.05, 4.69) is 0 Å². The van der Waals surface area contributed by atoms with Crippen molar-refractivity contribution in [2.24, 2.45) is 0 Å². The molecule has 0 aliphatic rings. The minimum absolute atomic E-state index is 0.250. The molecule has 0 radical (unpaired) electrons. The van der Waals surface area contributed by atoms with Gasteiger partial charge in [0.2, 0.25) is 0 Å². The summed E-state index contributed by atoms with van der Waals surface area (Å²) in [6, 6.07) is 11.9. The molecule has 0 saturated heterocycles. The Morgan fingerprint density at radius 1 is 0.941 bits per heavy atom. The molecule has 3 rings (SSSR count). The van der Waals surface area contributed by atoms with Crippen molar-refractivity contribution in [3.05, 3.63) is 58.1 Å². The summed E-state index contributed by atoms with van der Waals surface area (Å²) in [5, 5.41) is 3.70. The molecule has 2 nitrogen and oxygen atoms in total. The van der Waals surface area contributed by atoms with Crippen LogP contribution >= 0.6 is 0 Å². The Labute approximate surface area is 98.5 Å². The number of aryl methyl sites for hydroxylation is 2. The summed E-state index contributed by atoms with van der Waals surface area (Å²) >= 11 is 0. The highest BCUT2D eigenvalue weighted by molar-refractivity contribution is 6.07. The highest BCUT2D eigenvalue weighted by Crippen LogP contribution is 2.26. The molecule has 0 saturated carbocycles. The molecule has 2 heteroatoms. The lowest BCUT2D eigenvalue weighted by Gasteiger charge is -2.06. The Morgan fingerprint density at radius 3 is 2.53 bits per heavy atom. The van der Waals surface area contributed by atoms with Crippen molar-refractivity contribution < 1.29 is 4.42 Å². The molecule has 17 heavy (non-hydrogen) atoms. The average Bonchev–Trinajstić information content (AvgIpc) is 2.35. The summed E-state index contributed by atoms with van der Waals surface area (Å²) in [6.45, 7) is 3.81. The van der Waals surface area contributed by atoms with Crippen molar-refractivity contribution in [3.8, 4) is 0 Å². The monoisotopic (exact) mass is 224 g/mol. The number of benzene rings is 2. The van der Waals surface area contributed by atoms with Gasteiger partial charge in [0, 0.05) is 0 Å². The molecule has 1 aromatic heterocycles. The van der Waals surface area contributed by atoms with Crippen molar-refractivity contribution >= 4 is 21.5 Å². The minimum Gasteiger partial charge on any atom is -0.427 e. The van der Waals surface area contributed by atoms with Crippen LogP contribution in [-0.2, 0) is 0 Å². The first-order valence-electron chi connectivity index (χ1n) is 5.60. The highest BCUT2D eigenvalue weighted by atomic mass is 16.4. The van der Waals surface area contributed by atoms with Gasteiger partial charge >= 0.3 is 5.63 Å². The fraction of sp³-hybridized carbons (Fsp3) is 0.133. The predicted molar refractivity (Wildman–Crippen MR) is 69.5 cm³/mol. The van der Waals surface area contributed by atoms with Crippen LogP contribution in [0, 0.1) is 13.8 Å². The smallest absolute Gasteiger partial charge is 0.344 e. The molecule has 1 heterocycles. The molecule has 0 bridgehead atoms. The van der Waals surface area contributed by atoms with Crippen LogP contribution in [0.25, 0.3) is 21.5 Å². The molecule has 0 atom stereocenters. The Hall–Kier alpha value is -2.09. The Bertz CT molecular complexity index is 782. The number of fused-ring (bicyclic) bond motifs is 3. The zero-order chi connectivity index (χ0) is 12.0. The van der Waals surface area contributed by atoms with Crippen LogP contribution in [0.2, 0.25) is 0 Å². The molecule has 2 aromatic carbocycles. The van der Waals surface area contributed by atoms with Gasteiger partial charge in [-0.15, -0.1) is 0 Å². The lowest BCUT2D eigenvalue weighted by Crippen LogP contribution is -2.03. The molecule has 0 unspecified atom stereocenters. The number of hydrogen-bond donors (Lipinski definition) is 0. The second kappa shape index (κ2) is 3.45. The van der Waals surface area contributed by atoms with Gasteiger partial charge < -0.3 is 4.42 Å². The number of rotatable bonds is 0. The normalized spacial score (nSPS) is 11.2. The zero-order valence-corrected chi connectivity index (χ0v) is 9.78. The van der Waals surface area contributed by atoms with Gasteiger partial charge in [-0.1, -0.05) is 36.4 Å². The lowest BCUT2D eigenvalue weighted by molar-refractivity contribution is 0.485. The van der Waals surface area contributed by atoms with E-state index in [0.29, 0.717) is 11.1 Å². The van der Waals surface area contributed by atoms with Gasteiger partial charge in [-0.2, -0.15) is 0 Å². The molecule has 0 spiro atoms. The van der Waals surface area contributed by atoms with Crippen LogP contribution in [0.3, 0.4) is 0 Å². The molecule has 3 aromatic rings.